The summed E-state index contributed by atoms with van der Waals surface area (Å²) in [4.78, 5) is 10.5. The standard InChI is InChI=1S/C8H13NO2/c1-4-6(9)5-8(2,3)7(10)11/h4,9H,1,5H2,2-3H3,(H,10,11). The van der Waals surface area contributed by atoms with Crippen LogP contribution in [-0.4, -0.2) is 16.8 Å². The topological polar surface area (TPSA) is 61.2 Å². The van der Waals surface area contributed by atoms with Crippen LogP contribution in [0.4, 0.5) is 0 Å². The molecule has 0 aliphatic carbocycles. The Bertz CT molecular complexity index is 194. The third-order valence-corrected chi connectivity index (χ3v) is 1.46. The predicted octanol–water partition coefficient (Wildman–Crippen LogP) is 1.69. The lowest BCUT2D eigenvalue weighted by atomic mass is 9.87. The molecule has 0 spiro atoms. The van der Waals surface area contributed by atoms with Gasteiger partial charge in [0.05, 0.1) is 5.41 Å². The predicted molar refractivity (Wildman–Crippen MR) is 44.0 cm³/mol. The van der Waals surface area contributed by atoms with E-state index in [1.807, 2.05) is 0 Å². The summed E-state index contributed by atoms with van der Waals surface area (Å²) in [6.07, 6.45) is 1.59. The van der Waals surface area contributed by atoms with Crippen LogP contribution >= 0.6 is 0 Å². The van der Waals surface area contributed by atoms with Gasteiger partial charge in [0.15, 0.2) is 0 Å². The maximum Gasteiger partial charge on any atom is 0.309 e. The third-order valence-electron chi connectivity index (χ3n) is 1.46. The van der Waals surface area contributed by atoms with Crippen LogP contribution in [0, 0.1) is 10.8 Å². The summed E-state index contributed by atoms with van der Waals surface area (Å²) in [6, 6.07) is 0. The Kier molecular flexibility index (Phi) is 2.99. The molecule has 0 saturated carbocycles. The molecule has 0 unspecified atom stereocenters. The maximum atomic E-state index is 10.5. The summed E-state index contributed by atoms with van der Waals surface area (Å²) in [5.74, 6) is -0.885. The Hall–Kier alpha value is -1.12. The van der Waals surface area contributed by atoms with Gasteiger partial charge in [-0.05, 0) is 19.9 Å². The molecule has 0 aromatic rings. The molecule has 0 heterocycles. The van der Waals surface area contributed by atoms with E-state index in [0.29, 0.717) is 0 Å². The van der Waals surface area contributed by atoms with Crippen LogP contribution in [0.3, 0.4) is 0 Å². The minimum atomic E-state index is -0.885. The van der Waals surface area contributed by atoms with Gasteiger partial charge in [0.2, 0.25) is 0 Å². The first-order valence-corrected chi connectivity index (χ1v) is 3.33. The number of carbonyl (C=O) groups is 1. The van der Waals surface area contributed by atoms with Gasteiger partial charge in [0.1, 0.15) is 0 Å². The second kappa shape index (κ2) is 3.32. The quantitative estimate of drug-likeness (QED) is 0.607. The molecule has 2 N–H and O–H groups in total. The molecule has 3 heteroatoms. The Morgan fingerprint density at radius 3 is 2.45 bits per heavy atom. The van der Waals surface area contributed by atoms with Crippen molar-refractivity contribution in [3.8, 4) is 0 Å². The van der Waals surface area contributed by atoms with E-state index in [-0.39, 0.29) is 12.1 Å². The highest BCUT2D eigenvalue weighted by Gasteiger charge is 2.27. The Morgan fingerprint density at radius 1 is 1.73 bits per heavy atom. The highest BCUT2D eigenvalue weighted by Crippen LogP contribution is 2.20. The molecule has 0 radical (unpaired) electrons. The molecular formula is C8H13NO2. The summed E-state index contributed by atoms with van der Waals surface area (Å²) in [7, 11) is 0. The number of carboxylic acid groups (broad SMARTS) is 1. The lowest BCUT2D eigenvalue weighted by Crippen LogP contribution is -2.25. The van der Waals surface area contributed by atoms with Crippen molar-refractivity contribution < 1.29 is 9.90 Å². The van der Waals surface area contributed by atoms with Crippen LogP contribution in [0.25, 0.3) is 0 Å². The van der Waals surface area contributed by atoms with Gasteiger partial charge in [0, 0.05) is 12.1 Å². The van der Waals surface area contributed by atoms with Crippen molar-refractivity contribution in [2.75, 3.05) is 0 Å². The molecule has 0 fully saturated rings. The summed E-state index contributed by atoms with van der Waals surface area (Å²) in [5, 5.41) is 15.9. The van der Waals surface area contributed by atoms with E-state index < -0.39 is 11.4 Å². The smallest absolute Gasteiger partial charge is 0.309 e. The summed E-state index contributed by atoms with van der Waals surface area (Å²) < 4.78 is 0. The first kappa shape index (κ1) is 9.88. The average molecular weight is 155 g/mol. The van der Waals surface area contributed by atoms with E-state index in [9.17, 15) is 4.79 Å². The molecular weight excluding hydrogens is 142 g/mol. The van der Waals surface area contributed by atoms with Gasteiger partial charge in [-0.2, -0.15) is 0 Å². The van der Waals surface area contributed by atoms with E-state index in [2.05, 4.69) is 6.58 Å². The second-order valence-corrected chi connectivity index (χ2v) is 3.10. The number of rotatable bonds is 4. The Balaban J connectivity index is 4.23. The normalized spacial score (nSPS) is 10.7. The highest BCUT2D eigenvalue weighted by molar-refractivity contribution is 5.95. The summed E-state index contributed by atoms with van der Waals surface area (Å²) >= 11 is 0. The minimum Gasteiger partial charge on any atom is -0.481 e. The van der Waals surface area contributed by atoms with Crippen LogP contribution in [0.15, 0.2) is 12.7 Å². The monoisotopic (exact) mass is 155 g/mol. The van der Waals surface area contributed by atoms with E-state index >= 15 is 0 Å². The van der Waals surface area contributed by atoms with E-state index in [1.165, 1.54) is 6.08 Å². The highest BCUT2D eigenvalue weighted by atomic mass is 16.4. The molecule has 0 amide bonds. The molecule has 0 aliphatic heterocycles. The number of hydrogen-bond donors (Lipinski definition) is 2. The second-order valence-electron chi connectivity index (χ2n) is 3.10. The number of carboxylic acids is 1. The molecule has 0 saturated heterocycles. The zero-order valence-corrected chi connectivity index (χ0v) is 6.85. The summed E-state index contributed by atoms with van der Waals surface area (Å²) in [5.41, 5.74) is -0.594. The summed E-state index contributed by atoms with van der Waals surface area (Å²) in [6.45, 7) is 6.57. The molecule has 0 aromatic carbocycles. The van der Waals surface area contributed by atoms with Crippen molar-refractivity contribution in [3.05, 3.63) is 12.7 Å². The zero-order chi connectivity index (χ0) is 9.07. The van der Waals surface area contributed by atoms with E-state index in [0.717, 1.165) is 0 Å². The van der Waals surface area contributed by atoms with Gasteiger partial charge in [0.25, 0.3) is 0 Å². The molecule has 0 rings (SSSR count). The largest absolute Gasteiger partial charge is 0.481 e. The van der Waals surface area contributed by atoms with Crippen molar-refractivity contribution in [1.29, 1.82) is 5.41 Å². The van der Waals surface area contributed by atoms with Crippen LogP contribution < -0.4 is 0 Å². The average Bonchev–Trinajstić information content (AvgIpc) is 1.86. The lowest BCUT2D eigenvalue weighted by molar-refractivity contribution is -0.146. The van der Waals surface area contributed by atoms with Crippen molar-refractivity contribution in [3.63, 3.8) is 0 Å². The van der Waals surface area contributed by atoms with Gasteiger partial charge in [-0.15, -0.1) is 0 Å². The van der Waals surface area contributed by atoms with Gasteiger partial charge in [-0.25, -0.2) is 0 Å². The van der Waals surface area contributed by atoms with Gasteiger partial charge in [-0.1, -0.05) is 6.58 Å². The zero-order valence-electron chi connectivity index (χ0n) is 6.85. The Labute approximate surface area is 66.2 Å². The molecule has 3 nitrogen and oxygen atoms in total. The minimum absolute atomic E-state index is 0.228. The van der Waals surface area contributed by atoms with Gasteiger partial charge < -0.3 is 10.5 Å². The molecule has 0 aliphatic rings. The molecule has 62 valence electrons. The van der Waals surface area contributed by atoms with Crippen LogP contribution in [0.2, 0.25) is 0 Å². The van der Waals surface area contributed by atoms with Crippen molar-refractivity contribution in [1.82, 2.24) is 0 Å². The molecule has 0 bridgehead atoms. The molecule has 11 heavy (non-hydrogen) atoms. The number of aliphatic carboxylic acids is 1. The number of allylic oxidation sites excluding steroid dienone is 1. The first-order valence-electron chi connectivity index (χ1n) is 3.33. The van der Waals surface area contributed by atoms with E-state index in [4.69, 9.17) is 10.5 Å². The van der Waals surface area contributed by atoms with Gasteiger partial charge >= 0.3 is 5.97 Å². The fourth-order valence-corrected chi connectivity index (χ4v) is 0.624. The van der Waals surface area contributed by atoms with Crippen LogP contribution in [0.1, 0.15) is 20.3 Å². The van der Waals surface area contributed by atoms with Gasteiger partial charge in [-0.3, -0.25) is 4.79 Å². The van der Waals surface area contributed by atoms with Crippen LogP contribution in [0.5, 0.6) is 0 Å². The number of hydrogen-bond acceptors (Lipinski definition) is 2. The first-order chi connectivity index (χ1) is 4.90. The van der Waals surface area contributed by atoms with Crippen LogP contribution in [-0.2, 0) is 4.79 Å². The fraction of sp³-hybridized carbons (Fsp3) is 0.500. The SMILES string of the molecule is C=CC(=N)CC(C)(C)C(=O)O. The fourth-order valence-electron chi connectivity index (χ4n) is 0.624. The van der Waals surface area contributed by atoms with Crippen molar-refractivity contribution in [2.24, 2.45) is 5.41 Å². The molecule has 0 atom stereocenters. The Morgan fingerprint density at radius 2 is 2.18 bits per heavy atom. The lowest BCUT2D eigenvalue weighted by Gasteiger charge is -2.17. The van der Waals surface area contributed by atoms with E-state index in [1.54, 1.807) is 13.8 Å². The maximum absolute atomic E-state index is 10.5. The number of nitrogens with one attached hydrogen (secondary N) is 1. The third kappa shape index (κ3) is 2.98. The molecule has 0 aromatic heterocycles. The van der Waals surface area contributed by atoms with Crippen molar-refractivity contribution >= 4 is 11.7 Å². The van der Waals surface area contributed by atoms with Crippen molar-refractivity contribution in [2.45, 2.75) is 20.3 Å².